The van der Waals surface area contributed by atoms with Gasteiger partial charge in [0.1, 0.15) is 0 Å². The first-order chi connectivity index (χ1) is 9.00. The molecule has 0 spiro atoms. The number of likely N-dealkylation sites (N-methyl/N-ethyl adjacent to an activating group) is 1. The molecule has 1 heterocycles. The Bertz CT molecular complexity index is 415. The van der Waals surface area contributed by atoms with Crippen LogP contribution in [0.25, 0.3) is 0 Å². The second kappa shape index (κ2) is 6.74. The van der Waals surface area contributed by atoms with E-state index >= 15 is 0 Å². The van der Waals surface area contributed by atoms with E-state index in [9.17, 15) is 4.79 Å². The molecule has 106 valence electrons. The number of hydrogen-bond acceptors (Lipinski definition) is 1. The van der Waals surface area contributed by atoms with Gasteiger partial charge in [-0.2, -0.15) is 0 Å². The third-order valence-corrected chi connectivity index (χ3v) is 3.74. The normalized spacial score (nSPS) is 26.1. The van der Waals surface area contributed by atoms with Gasteiger partial charge in [-0.1, -0.05) is 52.8 Å². The van der Waals surface area contributed by atoms with E-state index in [0.717, 1.165) is 12.1 Å². The highest BCUT2D eigenvalue weighted by atomic mass is 16.2. The zero-order valence-corrected chi connectivity index (χ0v) is 13.1. The van der Waals surface area contributed by atoms with Gasteiger partial charge < -0.3 is 4.90 Å². The molecule has 19 heavy (non-hydrogen) atoms. The van der Waals surface area contributed by atoms with Crippen LogP contribution in [0.4, 0.5) is 0 Å². The van der Waals surface area contributed by atoms with E-state index in [1.807, 2.05) is 25.8 Å². The Labute approximate surface area is 117 Å². The molecule has 2 heteroatoms. The predicted octanol–water partition coefficient (Wildman–Crippen LogP) is 4.16. The second-order valence-corrected chi connectivity index (χ2v) is 5.44. The lowest BCUT2D eigenvalue weighted by Gasteiger charge is -2.33. The molecule has 2 nitrogen and oxygen atoms in total. The maximum Gasteiger partial charge on any atom is 0.230 e. The van der Waals surface area contributed by atoms with Crippen LogP contribution >= 0.6 is 0 Å². The van der Waals surface area contributed by atoms with E-state index in [1.165, 1.54) is 5.57 Å². The standard InChI is InChI=1S/C15H21NO.C2H6/c1-10(2)13-9-12-7-5-11(3)6-8-14(12)16(4)15(13)17;1-2/h5-8,10-11,13H,9H2,1-4H3;1-2H3. The fraction of sp³-hybridized carbons (Fsp3) is 0.588. The Balaban J connectivity index is 0.000000861. The van der Waals surface area contributed by atoms with Gasteiger partial charge in [0.25, 0.3) is 0 Å². The molecule has 0 fully saturated rings. The highest BCUT2D eigenvalue weighted by Gasteiger charge is 2.32. The lowest BCUT2D eigenvalue weighted by molar-refractivity contribution is -0.134. The average Bonchev–Trinajstić information content (AvgIpc) is 2.58. The third kappa shape index (κ3) is 3.37. The fourth-order valence-corrected chi connectivity index (χ4v) is 2.48. The lowest BCUT2D eigenvalue weighted by atomic mass is 9.84. The zero-order valence-electron chi connectivity index (χ0n) is 13.1. The number of amides is 1. The summed E-state index contributed by atoms with van der Waals surface area (Å²) >= 11 is 0. The SMILES string of the molecule is CC.CC1C=CC2=C(C=C1)N(C)C(=O)C(C(C)C)C2. The van der Waals surface area contributed by atoms with E-state index < -0.39 is 0 Å². The topological polar surface area (TPSA) is 20.3 Å². The molecule has 2 unspecified atom stereocenters. The van der Waals surface area contributed by atoms with Crippen molar-refractivity contribution < 1.29 is 4.79 Å². The largest absolute Gasteiger partial charge is 0.315 e. The smallest absolute Gasteiger partial charge is 0.230 e. The molecule has 1 amide bonds. The monoisotopic (exact) mass is 261 g/mol. The molecule has 0 aromatic heterocycles. The van der Waals surface area contributed by atoms with Crippen molar-refractivity contribution in [2.75, 3.05) is 7.05 Å². The van der Waals surface area contributed by atoms with Gasteiger partial charge in [-0.25, -0.2) is 0 Å². The van der Waals surface area contributed by atoms with Gasteiger partial charge in [0.15, 0.2) is 0 Å². The summed E-state index contributed by atoms with van der Waals surface area (Å²) < 4.78 is 0. The molecule has 0 aromatic rings. The summed E-state index contributed by atoms with van der Waals surface area (Å²) in [6, 6.07) is 0. The van der Waals surface area contributed by atoms with Crippen LogP contribution in [0.3, 0.4) is 0 Å². The van der Waals surface area contributed by atoms with Crippen molar-refractivity contribution in [3.8, 4) is 0 Å². The molecule has 2 atom stereocenters. The number of hydrogen-bond donors (Lipinski definition) is 0. The summed E-state index contributed by atoms with van der Waals surface area (Å²) in [6.07, 6.45) is 9.52. The first kappa shape index (κ1) is 15.7. The molecular formula is C17H27NO. The van der Waals surface area contributed by atoms with E-state index in [2.05, 4.69) is 45.1 Å². The molecule has 0 saturated carbocycles. The molecular weight excluding hydrogens is 234 g/mol. The molecule has 2 aliphatic rings. The summed E-state index contributed by atoms with van der Waals surface area (Å²) in [6.45, 7) is 10.4. The first-order valence-corrected chi connectivity index (χ1v) is 7.38. The number of rotatable bonds is 1. The molecule has 0 bridgehead atoms. The van der Waals surface area contributed by atoms with Gasteiger partial charge in [0.2, 0.25) is 5.91 Å². The van der Waals surface area contributed by atoms with E-state index in [4.69, 9.17) is 0 Å². The molecule has 1 aliphatic heterocycles. The fourth-order valence-electron chi connectivity index (χ4n) is 2.48. The number of carbonyl (C=O) groups is 1. The predicted molar refractivity (Wildman–Crippen MR) is 81.5 cm³/mol. The van der Waals surface area contributed by atoms with Crippen molar-refractivity contribution in [1.29, 1.82) is 0 Å². The summed E-state index contributed by atoms with van der Waals surface area (Å²) in [4.78, 5) is 14.1. The third-order valence-electron chi connectivity index (χ3n) is 3.74. The first-order valence-electron chi connectivity index (χ1n) is 7.38. The molecule has 0 N–H and O–H groups in total. The highest BCUT2D eigenvalue weighted by Crippen LogP contribution is 2.33. The molecule has 1 aliphatic carbocycles. The van der Waals surface area contributed by atoms with Crippen molar-refractivity contribution >= 4 is 5.91 Å². The minimum absolute atomic E-state index is 0.130. The van der Waals surface area contributed by atoms with E-state index in [0.29, 0.717) is 11.8 Å². The van der Waals surface area contributed by atoms with Gasteiger partial charge in [-0.3, -0.25) is 4.79 Å². The van der Waals surface area contributed by atoms with Gasteiger partial charge in [-0.15, -0.1) is 0 Å². The Morgan fingerprint density at radius 1 is 1.21 bits per heavy atom. The van der Waals surface area contributed by atoms with Gasteiger partial charge in [0, 0.05) is 18.7 Å². The Hall–Kier alpha value is -1.31. The molecule has 0 aromatic carbocycles. The molecule has 0 radical (unpaired) electrons. The minimum Gasteiger partial charge on any atom is -0.315 e. The summed E-state index contributed by atoms with van der Waals surface area (Å²) in [5, 5.41) is 0. The van der Waals surface area contributed by atoms with Crippen molar-refractivity contribution in [2.24, 2.45) is 17.8 Å². The van der Waals surface area contributed by atoms with Crippen molar-refractivity contribution in [3.05, 3.63) is 35.6 Å². The second-order valence-electron chi connectivity index (χ2n) is 5.44. The summed E-state index contributed by atoms with van der Waals surface area (Å²) in [7, 11) is 1.89. The van der Waals surface area contributed by atoms with Crippen LogP contribution in [0.5, 0.6) is 0 Å². The van der Waals surface area contributed by atoms with Gasteiger partial charge in [-0.05, 0) is 29.9 Å². The van der Waals surface area contributed by atoms with Crippen LogP contribution in [0, 0.1) is 17.8 Å². The number of carbonyl (C=O) groups excluding carboxylic acids is 1. The Morgan fingerprint density at radius 3 is 2.37 bits per heavy atom. The van der Waals surface area contributed by atoms with E-state index in [1.54, 1.807) is 0 Å². The molecule has 2 rings (SSSR count). The van der Waals surface area contributed by atoms with Crippen LogP contribution in [0.15, 0.2) is 35.6 Å². The van der Waals surface area contributed by atoms with Crippen LogP contribution in [0.1, 0.15) is 41.0 Å². The Morgan fingerprint density at radius 2 is 1.79 bits per heavy atom. The van der Waals surface area contributed by atoms with Crippen LogP contribution in [-0.4, -0.2) is 17.9 Å². The highest BCUT2D eigenvalue weighted by molar-refractivity contribution is 5.83. The van der Waals surface area contributed by atoms with Gasteiger partial charge >= 0.3 is 0 Å². The maximum atomic E-state index is 12.2. The zero-order chi connectivity index (χ0) is 14.6. The van der Waals surface area contributed by atoms with Crippen molar-refractivity contribution in [1.82, 2.24) is 4.90 Å². The van der Waals surface area contributed by atoms with Gasteiger partial charge in [0.05, 0.1) is 0 Å². The quantitative estimate of drug-likeness (QED) is 0.694. The Kier molecular flexibility index (Phi) is 5.59. The van der Waals surface area contributed by atoms with Crippen molar-refractivity contribution in [2.45, 2.75) is 41.0 Å². The average molecular weight is 261 g/mol. The number of allylic oxidation sites excluding steroid dienone is 5. The lowest BCUT2D eigenvalue weighted by Crippen LogP contribution is -2.38. The molecule has 0 saturated heterocycles. The van der Waals surface area contributed by atoms with Crippen molar-refractivity contribution in [3.63, 3.8) is 0 Å². The number of nitrogens with zero attached hydrogens (tertiary/aromatic N) is 1. The van der Waals surface area contributed by atoms with Crippen LogP contribution in [0.2, 0.25) is 0 Å². The van der Waals surface area contributed by atoms with Crippen LogP contribution in [-0.2, 0) is 4.79 Å². The maximum absolute atomic E-state index is 12.2. The van der Waals surface area contributed by atoms with Crippen LogP contribution < -0.4 is 0 Å². The summed E-state index contributed by atoms with van der Waals surface area (Å²) in [5.41, 5.74) is 2.37. The summed E-state index contributed by atoms with van der Waals surface area (Å²) in [5.74, 6) is 1.23. The minimum atomic E-state index is 0.130. The van der Waals surface area contributed by atoms with E-state index in [-0.39, 0.29) is 11.8 Å².